The standard InChI is InChI=1S/C12H22F2N2O/c1-8(2)15-10-6-16(5-9(10)14)11(17)12(3,4)7-13/h8-10,15H,5-7H2,1-4H3/t9-,10?/m0/s1. The van der Waals surface area contributed by atoms with Crippen molar-refractivity contribution in [2.45, 2.75) is 46.0 Å². The zero-order valence-corrected chi connectivity index (χ0v) is 11.0. The molecule has 0 aromatic heterocycles. The zero-order chi connectivity index (χ0) is 13.2. The van der Waals surface area contributed by atoms with Crippen molar-refractivity contribution < 1.29 is 13.6 Å². The van der Waals surface area contributed by atoms with Gasteiger partial charge in [-0.3, -0.25) is 4.79 Å². The van der Waals surface area contributed by atoms with Crippen LogP contribution < -0.4 is 5.32 Å². The molecule has 1 heterocycles. The van der Waals surface area contributed by atoms with Crippen molar-refractivity contribution in [2.75, 3.05) is 19.8 Å². The molecule has 0 spiro atoms. The van der Waals surface area contributed by atoms with E-state index in [1.807, 2.05) is 13.8 Å². The molecule has 1 aliphatic heterocycles. The summed E-state index contributed by atoms with van der Waals surface area (Å²) >= 11 is 0. The quantitative estimate of drug-likeness (QED) is 0.818. The Balaban J connectivity index is 2.62. The van der Waals surface area contributed by atoms with E-state index in [0.717, 1.165) is 0 Å². The number of hydrogen-bond donors (Lipinski definition) is 1. The van der Waals surface area contributed by atoms with Crippen LogP contribution >= 0.6 is 0 Å². The number of hydrogen-bond acceptors (Lipinski definition) is 2. The van der Waals surface area contributed by atoms with Crippen molar-refractivity contribution in [2.24, 2.45) is 5.41 Å². The highest BCUT2D eigenvalue weighted by molar-refractivity contribution is 5.82. The molecule has 1 N–H and O–H groups in total. The molecule has 0 aromatic carbocycles. The van der Waals surface area contributed by atoms with Crippen LogP contribution in [-0.4, -0.2) is 48.8 Å². The van der Waals surface area contributed by atoms with Gasteiger partial charge in [-0.1, -0.05) is 13.8 Å². The lowest BCUT2D eigenvalue weighted by Crippen LogP contribution is -2.44. The number of nitrogens with one attached hydrogen (secondary N) is 1. The third-order valence-electron chi connectivity index (χ3n) is 3.00. The SMILES string of the molecule is CC(C)NC1CN(C(=O)C(C)(C)CF)C[C@@H]1F. The minimum atomic E-state index is -1.07. The molecule has 17 heavy (non-hydrogen) atoms. The third-order valence-corrected chi connectivity index (χ3v) is 3.00. The Bertz CT molecular complexity index is 282. The molecule has 5 heteroatoms. The highest BCUT2D eigenvalue weighted by atomic mass is 19.1. The molecule has 100 valence electrons. The number of alkyl halides is 2. The second-order valence-corrected chi connectivity index (χ2v) is 5.67. The van der Waals surface area contributed by atoms with Crippen molar-refractivity contribution >= 4 is 5.91 Å². The van der Waals surface area contributed by atoms with Crippen LogP contribution in [0.15, 0.2) is 0 Å². The summed E-state index contributed by atoms with van der Waals surface area (Å²) in [6.07, 6.45) is -1.07. The molecular weight excluding hydrogens is 226 g/mol. The predicted molar refractivity (Wildman–Crippen MR) is 63.3 cm³/mol. The van der Waals surface area contributed by atoms with Gasteiger partial charge in [-0.15, -0.1) is 0 Å². The molecule has 1 rings (SSSR count). The predicted octanol–water partition coefficient (Wildman–Crippen LogP) is 1.53. The van der Waals surface area contributed by atoms with Gasteiger partial charge in [0.15, 0.2) is 0 Å². The molecule has 0 radical (unpaired) electrons. The van der Waals surface area contributed by atoms with Crippen LogP contribution in [0.1, 0.15) is 27.7 Å². The van der Waals surface area contributed by atoms with Crippen molar-refractivity contribution in [3.63, 3.8) is 0 Å². The van der Waals surface area contributed by atoms with Crippen molar-refractivity contribution in [1.29, 1.82) is 0 Å². The minimum Gasteiger partial charge on any atom is -0.337 e. The Labute approximate surface area is 102 Å². The zero-order valence-electron chi connectivity index (χ0n) is 11.0. The minimum absolute atomic E-state index is 0.0622. The van der Waals surface area contributed by atoms with Gasteiger partial charge in [0.25, 0.3) is 0 Å². The summed E-state index contributed by atoms with van der Waals surface area (Å²) < 4.78 is 26.4. The van der Waals surface area contributed by atoms with E-state index < -0.39 is 18.3 Å². The van der Waals surface area contributed by atoms with Crippen LogP contribution in [0.4, 0.5) is 8.78 Å². The molecule has 2 atom stereocenters. The second-order valence-electron chi connectivity index (χ2n) is 5.67. The first-order valence-corrected chi connectivity index (χ1v) is 6.03. The number of nitrogens with zero attached hydrogens (tertiary/aromatic N) is 1. The summed E-state index contributed by atoms with van der Waals surface area (Å²) in [5, 5.41) is 3.08. The largest absolute Gasteiger partial charge is 0.337 e. The van der Waals surface area contributed by atoms with E-state index in [1.54, 1.807) is 13.8 Å². The summed E-state index contributed by atoms with van der Waals surface area (Å²) in [5.74, 6) is -0.310. The molecular formula is C12H22F2N2O. The Hall–Kier alpha value is -0.710. The number of likely N-dealkylation sites (tertiary alicyclic amines) is 1. The summed E-state index contributed by atoms with van der Waals surface area (Å²) in [7, 11) is 0. The smallest absolute Gasteiger partial charge is 0.231 e. The molecule has 1 unspecified atom stereocenters. The summed E-state index contributed by atoms with van der Waals surface area (Å²) in [5.41, 5.74) is -1.05. The Morgan fingerprint density at radius 1 is 1.47 bits per heavy atom. The molecule has 3 nitrogen and oxygen atoms in total. The monoisotopic (exact) mass is 248 g/mol. The molecule has 0 saturated carbocycles. The van der Waals surface area contributed by atoms with Crippen LogP contribution in [0.3, 0.4) is 0 Å². The first-order chi connectivity index (χ1) is 7.77. The van der Waals surface area contributed by atoms with Gasteiger partial charge in [-0.25, -0.2) is 8.78 Å². The third kappa shape index (κ3) is 3.37. The first kappa shape index (κ1) is 14.4. The van der Waals surface area contributed by atoms with E-state index >= 15 is 0 Å². The van der Waals surface area contributed by atoms with E-state index in [0.29, 0.717) is 6.54 Å². The van der Waals surface area contributed by atoms with Crippen LogP contribution in [0.5, 0.6) is 0 Å². The molecule has 0 aliphatic carbocycles. The van der Waals surface area contributed by atoms with Gasteiger partial charge in [0.1, 0.15) is 12.8 Å². The molecule has 1 fully saturated rings. The lowest BCUT2D eigenvalue weighted by molar-refractivity contribution is -0.140. The van der Waals surface area contributed by atoms with E-state index in [1.165, 1.54) is 4.90 Å². The number of halogens is 2. The molecule has 0 aromatic rings. The molecule has 0 bridgehead atoms. The average molecular weight is 248 g/mol. The van der Waals surface area contributed by atoms with Crippen LogP contribution in [0.25, 0.3) is 0 Å². The molecule has 1 aliphatic rings. The normalized spacial score (nSPS) is 25.7. The number of amides is 1. The number of carbonyl (C=O) groups excluding carboxylic acids is 1. The van der Waals surface area contributed by atoms with Crippen molar-refractivity contribution in [3.05, 3.63) is 0 Å². The lowest BCUT2D eigenvalue weighted by Gasteiger charge is -2.26. The number of carbonyl (C=O) groups is 1. The molecule has 1 amide bonds. The Morgan fingerprint density at radius 3 is 2.53 bits per heavy atom. The van der Waals surface area contributed by atoms with Crippen LogP contribution in [-0.2, 0) is 4.79 Å². The first-order valence-electron chi connectivity index (χ1n) is 6.03. The van der Waals surface area contributed by atoms with Gasteiger partial charge in [0.05, 0.1) is 18.0 Å². The Kier molecular flexibility index (Phi) is 4.47. The maximum Gasteiger partial charge on any atom is 0.231 e. The van der Waals surface area contributed by atoms with Gasteiger partial charge in [0, 0.05) is 12.6 Å². The summed E-state index contributed by atoms with van der Waals surface area (Å²) in [6.45, 7) is 6.62. The van der Waals surface area contributed by atoms with Gasteiger partial charge >= 0.3 is 0 Å². The lowest BCUT2D eigenvalue weighted by atomic mass is 9.94. The van der Waals surface area contributed by atoms with Gasteiger partial charge in [-0.2, -0.15) is 0 Å². The Morgan fingerprint density at radius 2 is 2.06 bits per heavy atom. The fraction of sp³-hybridized carbons (Fsp3) is 0.917. The maximum atomic E-state index is 13.7. The topological polar surface area (TPSA) is 32.3 Å². The van der Waals surface area contributed by atoms with Gasteiger partial charge in [0.2, 0.25) is 5.91 Å². The highest BCUT2D eigenvalue weighted by Gasteiger charge is 2.40. The van der Waals surface area contributed by atoms with Gasteiger partial charge in [-0.05, 0) is 13.8 Å². The summed E-state index contributed by atoms with van der Waals surface area (Å²) in [4.78, 5) is 13.4. The average Bonchev–Trinajstić information content (AvgIpc) is 2.58. The highest BCUT2D eigenvalue weighted by Crippen LogP contribution is 2.24. The van der Waals surface area contributed by atoms with Crippen molar-refractivity contribution in [3.8, 4) is 0 Å². The summed E-state index contributed by atoms with van der Waals surface area (Å²) in [6, 6.07) is -0.170. The second kappa shape index (κ2) is 5.29. The van der Waals surface area contributed by atoms with E-state index in [9.17, 15) is 13.6 Å². The van der Waals surface area contributed by atoms with Crippen LogP contribution in [0.2, 0.25) is 0 Å². The fourth-order valence-electron chi connectivity index (χ4n) is 2.00. The number of rotatable bonds is 4. The van der Waals surface area contributed by atoms with E-state index in [4.69, 9.17) is 0 Å². The fourth-order valence-corrected chi connectivity index (χ4v) is 2.00. The van der Waals surface area contributed by atoms with E-state index in [2.05, 4.69) is 5.32 Å². The molecule has 1 saturated heterocycles. The van der Waals surface area contributed by atoms with E-state index in [-0.39, 0.29) is 24.5 Å². The van der Waals surface area contributed by atoms with Crippen molar-refractivity contribution in [1.82, 2.24) is 10.2 Å². The van der Waals surface area contributed by atoms with Crippen LogP contribution in [0, 0.1) is 5.41 Å². The van der Waals surface area contributed by atoms with Gasteiger partial charge < -0.3 is 10.2 Å². The maximum absolute atomic E-state index is 13.7.